The number of aryl methyl sites for hydroxylation is 1. The molecule has 2 atom stereocenters. The molecule has 2 aliphatic heterocycles. The highest BCUT2D eigenvalue weighted by molar-refractivity contribution is 7.08. The van der Waals surface area contributed by atoms with E-state index in [1.165, 1.54) is 29.8 Å². The average Bonchev–Trinajstić information content (AvgIpc) is 3.56. The molecule has 5 rings (SSSR count). The van der Waals surface area contributed by atoms with E-state index in [1.54, 1.807) is 0 Å². The van der Waals surface area contributed by atoms with Gasteiger partial charge in [0.15, 0.2) is 0 Å². The topological polar surface area (TPSA) is 26.7 Å². The predicted molar refractivity (Wildman–Crippen MR) is 147 cm³/mol. The molecule has 2 fully saturated rings. The van der Waals surface area contributed by atoms with E-state index in [4.69, 9.17) is 0 Å². The second-order valence-corrected chi connectivity index (χ2v) is 11.6. The van der Waals surface area contributed by atoms with Crippen molar-refractivity contribution in [1.82, 2.24) is 9.80 Å². The van der Waals surface area contributed by atoms with Gasteiger partial charge in [0, 0.05) is 45.2 Å². The van der Waals surface area contributed by atoms with Crippen molar-refractivity contribution in [2.75, 3.05) is 39.3 Å². The molecule has 0 amide bonds. The summed E-state index contributed by atoms with van der Waals surface area (Å²) >= 11 is 1.83. The maximum Gasteiger partial charge on any atom is 0.0672 e. The molecule has 0 spiro atoms. The third-order valence-electron chi connectivity index (χ3n) is 8.28. The van der Waals surface area contributed by atoms with Crippen molar-refractivity contribution in [2.45, 2.75) is 50.0 Å². The molecule has 0 radical (unpaired) electrons. The molecule has 1 aromatic heterocycles. The Labute approximate surface area is 215 Å². The first kappa shape index (κ1) is 24.7. The number of likely N-dealkylation sites (tertiary alicyclic amines) is 2. The molecule has 0 bridgehead atoms. The fraction of sp³-hybridized carbons (Fsp3) is 0.484. The summed E-state index contributed by atoms with van der Waals surface area (Å²) in [7, 11) is 0. The lowest BCUT2D eigenvalue weighted by molar-refractivity contribution is -0.0316. The SMILES string of the molecule is OC1(CCCc2ccccc2)CCN(CC2CN(CCc3ccccc3)CC2c2ccsc2)CC1. The van der Waals surface area contributed by atoms with Gasteiger partial charge in [0.2, 0.25) is 0 Å². The summed E-state index contributed by atoms with van der Waals surface area (Å²) in [5.41, 5.74) is 3.86. The standard InChI is InChI=1S/C31H40N2OS/c34-31(15-7-12-26-8-3-1-4-9-26)16-19-32(20-17-31)22-29-23-33(18-13-27-10-5-2-6-11-27)24-30(29)28-14-21-35-25-28/h1-6,8-11,14,21,25,29-30,34H,7,12-13,15-20,22-24H2. The molecule has 0 aliphatic carbocycles. The van der Waals surface area contributed by atoms with E-state index in [1.807, 2.05) is 11.3 Å². The van der Waals surface area contributed by atoms with Crippen LogP contribution < -0.4 is 0 Å². The molecule has 186 valence electrons. The zero-order valence-corrected chi connectivity index (χ0v) is 21.7. The Morgan fingerprint density at radius 3 is 2.17 bits per heavy atom. The second kappa shape index (κ2) is 11.8. The Balaban J connectivity index is 1.12. The van der Waals surface area contributed by atoms with Crippen molar-refractivity contribution in [3.05, 3.63) is 94.2 Å². The number of aliphatic hydroxyl groups is 1. The fourth-order valence-electron chi connectivity index (χ4n) is 6.12. The smallest absolute Gasteiger partial charge is 0.0672 e. The molecule has 3 nitrogen and oxygen atoms in total. The molecule has 2 aromatic carbocycles. The quantitative estimate of drug-likeness (QED) is 0.387. The first-order chi connectivity index (χ1) is 17.2. The number of rotatable bonds is 10. The fourth-order valence-corrected chi connectivity index (χ4v) is 6.85. The maximum atomic E-state index is 11.2. The molecular formula is C31H40N2OS. The van der Waals surface area contributed by atoms with Crippen LogP contribution in [0.15, 0.2) is 77.5 Å². The first-order valence-electron chi connectivity index (χ1n) is 13.4. The van der Waals surface area contributed by atoms with Gasteiger partial charge in [0.05, 0.1) is 5.60 Å². The Kier molecular flexibility index (Phi) is 8.35. The summed E-state index contributed by atoms with van der Waals surface area (Å²) < 4.78 is 0. The van der Waals surface area contributed by atoms with Gasteiger partial charge in [-0.3, -0.25) is 0 Å². The van der Waals surface area contributed by atoms with E-state index < -0.39 is 5.60 Å². The predicted octanol–water partition coefficient (Wildman–Crippen LogP) is 5.86. The van der Waals surface area contributed by atoms with E-state index >= 15 is 0 Å². The highest BCUT2D eigenvalue weighted by Gasteiger charge is 2.37. The van der Waals surface area contributed by atoms with Gasteiger partial charge >= 0.3 is 0 Å². The summed E-state index contributed by atoms with van der Waals surface area (Å²) in [5, 5.41) is 15.8. The van der Waals surface area contributed by atoms with E-state index in [9.17, 15) is 5.11 Å². The molecule has 3 aromatic rings. The van der Waals surface area contributed by atoms with Crippen LogP contribution in [0.5, 0.6) is 0 Å². The lowest BCUT2D eigenvalue weighted by Gasteiger charge is -2.39. The molecule has 35 heavy (non-hydrogen) atoms. The van der Waals surface area contributed by atoms with Crippen molar-refractivity contribution >= 4 is 11.3 Å². The highest BCUT2D eigenvalue weighted by Crippen LogP contribution is 2.36. The lowest BCUT2D eigenvalue weighted by atomic mass is 9.84. The largest absolute Gasteiger partial charge is 0.390 e. The zero-order valence-electron chi connectivity index (χ0n) is 20.9. The third-order valence-corrected chi connectivity index (χ3v) is 8.98. The van der Waals surface area contributed by atoms with E-state index in [-0.39, 0.29) is 0 Å². The van der Waals surface area contributed by atoms with Gasteiger partial charge in [0.25, 0.3) is 0 Å². The van der Waals surface area contributed by atoms with Gasteiger partial charge in [-0.05, 0) is 78.0 Å². The normalized spacial score (nSPS) is 23.0. The van der Waals surface area contributed by atoms with Crippen molar-refractivity contribution in [2.24, 2.45) is 5.92 Å². The second-order valence-electron chi connectivity index (χ2n) is 10.8. The summed E-state index contributed by atoms with van der Waals surface area (Å²) in [6, 6.07) is 23.9. The van der Waals surface area contributed by atoms with Gasteiger partial charge < -0.3 is 14.9 Å². The van der Waals surface area contributed by atoms with Crippen LogP contribution in [0.2, 0.25) is 0 Å². The lowest BCUT2D eigenvalue weighted by Crippen LogP contribution is -2.46. The van der Waals surface area contributed by atoms with Crippen molar-refractivity contribution in [1.29, 1.82) is 0 Å². The van der Waals surface area contributed by atoms with Crippen LogP contribution in [0.4, 0.5) is 0 Å². The van der Waals surface area contributed by atoms with E-state index in [0.29, 0.717) is 11.8 Å². The van der Waals surface area contributed by atoms with Crippen molar-refractivity contribution in [3.63, 3.8) is 0 Å². The molecule has 2 aliphatic rings. The number of benzene rings is 2. The summed E-state index contributed by atoms with van der Waals surface area (Å²) in [4.78, 5) is 5.32. The number of piperidine rings is 1. The van der Waals surface area contributed by atoms with Crippen LogP contribution in [0.1, 0.15) is 48.3 Å². The van der Waals surface area contributed by atoms with Crippen molar-refractivity contribution in [3.8, 4) is 0 Å². The Bertz CT molecular complexity index is 999. The number of nitrogens with zero attached hydrogens (tertiary/aromatic N) is 2. The van der Waals surface area contributed by atoms with E-state index in [0.717, 1.165) is 64.7 Å². The highest BCUT2D eigenvalue weighted by atomic mass is 32.1. The summed E-state index contributed by atoms with van der Waals surface area (Å²) in [5.74, 6) is 1.30. The molecule has 3 heterocycles. The van der Waals surface area contributed by atoms with Crippen LogP contribution in [-0.2, 0) is 12.8 Å². The molecule has 2 unspecified atom stereocenters. The number of hydrogen-bond acceptors (Lipinski definition) is 4. The van der Waals surface area contributed by atoms with Crippen LogP contribution in [0.25, 0.3) is 0 Å². The van der Waals surface area contributed by atoms with Gasteiger partial charge in [-0.2, -0.15) is 11.3 Å². The molecule has 1 N–H and O–H groups in total. The monoisotopic (exact) mass is 488 g/mol. The van der Waals surface area contributed by atoms with Crippen LogP contribution >= 0.6 is 11.3 Å². The molecule has 0 saturated carbocycles. The van der Waals surface area contributed by atoms with Crippen molar-refractivity contribution < 1.29 is 5.11 Å². The molecular weight excluding hydrogens is 448 g/mol. The number of thiophene rings is 1. The summed E-state index contributed by atoms with van der Waals surface area (Å²) in [6.07, 6.45) is 6.01. The van der Waals surface area contributed by atoms with Crippen LogP contribution in [0.3, 0.4) is 0 Å². The van der Waals surface area contributed by atoms with Crippen LogP contribution in [-0.4, -0.2) is 59.8 Å². The van der Waals surface area contributed by atoms with Crippen LogP contribution in [0, 0.1) is 5.92 Å². The van der Waals surface area contributed by atoms with Gasteiger partial charge in [-0.1, -0.05) is 60.7 Å². The minimum Gasteiger partial charge on any atom is -0.390 e. The van der Waals surface area contributed by atoms with E-state index in [2.05, 4.69) is 87.3 Å². The summed E-state index contributed by atoms with van der Waals surface area (Å²) in [6.45, 7) is 6.71. The van der Waals surface area contributed by atoms with Gasteiger partial charge in [0.1, 0.15) is 0 Å². The minimum absolute atomic E-state index is 0.477. The molecule has 4 heteroatoms. The molecule has 2 saturated heterocycles. The zero-order chi connectivity index (χ0) is 23.9. The minimum atomic E-state index is -0.477. The first-order valence-corrected chi connectivity index (χ1v) is 14.4. The number of hydrogen-bond donors (Lipinski definition) is 1. The average molecular weight is 489 g/mol. The van der Waals surface area contributed by atoms with Gasteiger partial charge in [-0.15, -0.1) is 0 Å². The Morgan fingerprint density at radius 1 is 0.829 bits per heavy atom. The van der Waals surface area contributed by atoms with Gasteiger partial charge in [-0.25, -0.2) is 0 Å². The Hall–Kier alpha value is -1.98. The third kappa shape index (κ3) is 6.83. The Morgan fingerprint density at radius 2 is 1.51 bits per heavy atom. The maximum absolute atomic E-state index is 11.2.